The molecule has 1 aromatic heterocycles. The second-order valence-electron chi connectivity index (χ2n) is 7.88. The van der Waals surface area contributed by atoms with Gasteiger partial charge in [0.15, 0.2) is 5.16 Å². The lowest BCUT2D eigenvalue weighted by molar-refractivity contribution is -0.129. The number of nitrogens with one attached hydrogen (secondary N) is 1. The number of amides is 1. The van der Waals surface area contributed by atoms with Gasteiger partial charge < -0.3 is 9.88 Å². The first-order valence-corrected chi connectivity index (χ1v) is 12.6. The summed E-state index contributed by atoms with van der Waals surface area (Å²) in [5.41, 5.74) is 5.00. The van der Waals surface area contributed by atoms with Crippen LogP contribution in [0, 0.1) is 20.8 Å². The second kappa shape index (κ2) is 8.64. The largest absolute Gasteiger partial charge is 0.339 e. The molecular formula is C22H26N4O3S2. The highest BCUT2D eigenvalue weighted by Crippen LogP contribution is 2.23. The van der Waals surface area contributed by atoms with Crippen molar-refractivity contribution in [1.82, 2.24) is 19.2 Å². The molecule has 0 unspecified atom stereocenters. The van der Waals surface area contributed by atoms with E-state index in [1.54, 1.807) is 17.0 Å². The number of nitrogens with zero attached hydrogens (tertiary/aromatic N) is 3. The summed E-state index contributed by atoms with van der Waals surface area (Å²) in [4.78, 5) is 22.4. The van der Waals surface area contributed by atoms with Crippen LogP contribution in [0.1, 0.15) is 16.7 Å². The van der Waals surface area contributed by atoms with Crippen molar-refractivity contribution < 1.29 is 13.2 Å². The molecule has 0 bridgehead atoms. The molecule has 0 saturated carbocycles. The van der Waals surface area contributed by atoms with Crippen LogP contribution in [-0.4, -0.2) is 65.4 Å². The minimum atomic E-state index is -3.55. The van der Waals surface area contributed by atoms with Gasteiger partial charge in [0, 0.05) is 26.2 Å². The van der Waals surface area contributed by atoms with Crippen LogP contribution in [0.25, 0.3) is 11.0 Å². The molecule has 31 heavy (non-hydrogen) atoms. The van der Waals surface area contributed by atoms with Gasteiger partial charge in [-0.1, -0.05) is 23.9 Å². The number of benzene rings is 2. The van der Waals surface area contributed by atoms with Crippen LogP contribution in [0.3, 0.4) is 0 Å². The fourth-order valence-electron chi connectivity index (χ4n) is 3.59. The fourth-order valence-corrected chi connectivity index (χ4v) is 5.89. The number of thioether (sulfide) groups is 1. The molecular weight excluding hydrogens is 432 g/mol. The highest BCUT2D eigenvalue weighted by atomic mass is 32.2. The molecule has 0 atom stereocenters. The highest BCUT2D eigenvalue weighted by Gasteiger charge is 2.30. The molecule has 0 radical (unpaired) electrons. The Balaban J connectivity index is 1.34. The Hall–Kier alpha value is -2.36. The van der Waals surface area contributed by atoms with Crippen LogP contribution >= 0.6 is 11.8 Å². The van der Waals surface area contributed by atoms with Gasteiger partial charge in [0.2, 0.25) is 15.9 Å². The number of hydrogen-bond donors (Lipinski definition) is 1. The van der Waals surface area contributed by atoms with Gasteiger partial charge in [-0.3, -0.25) is 4.79 Å². The molecule has 9 heteroatoms. The van der Waals surface area contributed by atoms with Gasteiger partial charge in [-0.2, -0.15) is 4.31 Å². The topological polar surface area (TPSA) is 86.4 Å². The first kappa shape index (κ1) is 21.9. The number of imidazole rings is 1. The first-order valence-electron chi connectivity index (χ1n) is 10.2. The Labute approximate surface area is 186 Å². The quantitative estimate of drug-likeness (QED) is 0.594. The van der Waals surface area contributed by atoms with Gasteiger partial charge in [0.25, 0.3) is 0 Å². The minimum absolute atomic E-state index is 0.00938. The van der Waals surface area contributed by atoms with Crippen LogP contribution in [-0.2, 0) is 14.8 Å². The summed E-state index contributed by atoms with van der Waals surface area (Å²) in [6.07, 6.45) is 0. The van der Waals surface area contributed by atoms with E-state index in [4.69, 9.17) is 0 Å². The maximum atomic E-state index is 13.0. The zero-order valence-corrected chi connectivity index (χ0v) is 19.5. The number of aromatic nitrogens is 2. The average Bonchev–Trinajstić information content (AvgIpc) is 3.16. The maximum Gasteiger partial charge on any atom is 0.243 e. The fraction of sp³-hybridized carbons (Fsp3) is 0.364. The monoisotopic (exact) mass is 458 g/mol. The number of aromatic amines is 1. The second-order valence-corrected chi connectivity index (χ2v) is 10.8. The van der Waals surface area contributed by atoms with Crippen molar-refractivity contribution in [1.29, 1.82) is 0 Å². The van der Waals surface area contributed by atoms with Crippen molar-refractivity contribution in [3.8, 4) is 0 Å². The van der Waals surface area contributed by atoms with Crippen LogP contribution in [0.2, 0.25) is 0 Å². The lowest BCUT2D eigenvalue weighted by Gasteiger charge is -2.34. The molecule has 4 rings (SSSR count). The van der Waals surface area contributed by atoms with Crippen LogP contribution in [0.15, 0.2) is 46.5 Å². The molecule has 2 aromatic carbocycles. The summed E-state index contributed by atoms with van der Waals surface area (Å²) in [7, 11) is -3.55. The molecule has 1 saturated heterocycles. The van der Waals surface area contributed by atoms with Gasteiger partial charge in [-0.05, 0) is 61.7 Å². The maximum absolute atomic E-state index is 13.0. The summed E-state index contributed by atoms with van der Waals surface area (Å²) in [5, 5.41) is 0.713. The van der Waals surface area contributed by atoms with Crippen molar-refractivity contribution in [2.24, 2.45) is 0 Å². The average molecular weight is 459 g/mol. The van der Waals surface area contributed by atoms with Gasteiger partial charge in [-0.25, -0.2) is 13.4 Å². The smallest absolute Gasteiger partial charge is 0.243 e. The predicted molar refractivity (Wildman–Crippen MR) is 123 cm³/mol. The van der Waals surface area contributed by atoms with Crippen LogP contribution < -0.4 is 0 Å². The Kier molecular flexibility index (Phi) is 6.09. The van der Waals surface area contributed by atoms with Crippen LogP contribution in [0.4, 0.5) is 0 Å². The van der Waals surface area contributed by atoms with Crippen molar-refractivity contribution in [2.75, 3.05) is 31.9 Å². The van der Waals surface area contributed by atoms with E-state index in [9.17, 15) is 13.2 Å². The van der Waals surface area contributed by atoms with Gasteiger partial charge >= 0.3 is 0 Å². The van der Waals surface area contributed by atoms with Crippen molar-refractivity contribution in [2.45, 2.75) is 30.8 Å². The number of fused-ring (bicyclic) bond motifs is 1. The van der Waals surface area contributed by atoms with E-state index < -0.39 is 10.0 Å². The summed E-state index contributed by atoms with van der Waals surface area (Å²) in [6, 6.07) is 11.2. The van der Waals surface area contributed by atoms with Gasteiger partial charge in [0.1, 0.15) is 0 Å². The van der Waals surface area contributed by atoms with Gasteiger partial charge in [-0.15, -0.1) is 0 Å². The van der Waals surface area contributed by atoms with E-state index in [2.05, 4.69) is 9.97 Å². The number of aryl methyl sites for hydroxylation is 3. The summed E-state index contributed by atoms with van der Waals surface area (Å²) >= 11 is 1.37. The zero-order chi connectivity index (χ0) is 22.2. The molecule has 1 aliphatic heterocycles. The van der Waals surface area contributed by atoms with E-state index in [0.717, 1.165) is 27.7 Å². The van der Waals surface area contributed by atoms with E-state index in [-0.39, 0.29) is 11.7 Å². The number of carbonyl (C=O) groups excluding carboxylic acids is 1. The van der Waals surface area contributed by atoms with E-state index >= 15 is 0 Å². The predicted octanol–water partition coefficient (Wildman–Crippen LogP) is 3.11. The number of sulfonamides is 1. The molecule has 1 N–H and O–H groups in total. The Morgan fingerprint density at radius 2 is 1.77 bits per heavy atom. The van der Waals surface area contributed by atoms with Gasteiger partial charge in [0.05, 0.1) is 21.7 Å². The molecule has 1 aliphatic rings. The molecule has 1 fully saturated rings. The lowest BCUT2D eigenvalue weighted by Crippen LogP contribution is -2.51. The Morgan fingerprint density at radius 3 is 2.48 bits per heavy atom. The third kappa shape index (κ3) is 4.63. The molecule has 164 valence electrons. The van der Waals surface area contributed by atoms with Crippen molar-refractivity contribution in [3.05, 3.63) is 53.1 Å². The molecule has 7 nitrogen and oxygen atoms in total. The number of carbonyl (C=O) groups is 1. The van der Waals surface area contributed by atoms with E-state index in [1.807, 2.05) is 45.0 Å². The standard InChI is InChI=1S/C22H26N4O3S2/c1-15-4-7-19-20(12-15)24-22(23-19)30-14-21(27)25-8-10-26(11-9-25)31(28,29)18-6-5-16(2)17(3)13-18/h4-7,12-13H,8-11,14H2,1-3H3,(H,23,24). The third-order valence-electron chi connectivity index (χ3n) is 5.66. The van der Waals surface area contributed by atoms with E-state index in [0.29, 0.717) is 36.2 Å². The number of rotatable bonds is 5. The Morgan fingerprint density at radius 1 is 1.03 bits per heavy atom. The SMILES string of the molecule is Cc1ccc2nc(SCC(=O)N3CCN(S(=O)(=O)c4ccc(C)c(C)c4)CC3)[nH]c2c1. The number of H-pyrrole nitrogens is 1. The number of piperazine rings is 1. The van der Waals surface area contributed by atoms with Crippen molar-refractivity contribution in [3.63, 3.8) is 0 Å². The first-order chi connectivity index (χ1) is 14.7. The van der Waals surface area contributed by atoms with Crippen molar-refractivity contribution >= 4 is 38.7 Å². The summed E-state index contributed by atoms with van der Waals surface area (Å²) in [5.74, 6) is 0.257. The lowest BCUT2D eigenvalue weighted by atomic mass is 10.1. The molecule has 0 aliphatic carbocycles. The zero-order valence-electron chi connectivity index (χ0n) is 17.9. The summed E-state index contributed by atoms with van der Waals surface area (Å²) < 4.78 is 27.4. The normalized spacial score (nSPS) is 15.5. The summed E-state index contributed by atoms with van der Waals surface area (Å²) in [6.45, 7) is 7.28. The molecule has 3 aromatic rings. The number of hydrogen-bond acceptors (Lipinski definition) is 5. The third-order valence-corrected chi connectivity index (χ3v) is 8.41. The molecule has 0 spiro atoms. The van der Waals surface area contributed by atoms with E-state index in [1.165, 1.54) is 16.1 Å². The molecule has 1 amide bonds. The highest BCUT2D eigenvalue weighted by molar-refractivity contribution is 7.99. The minimum Gasteiger partial charge on any atom is -0.339 e. The molecule has 2 heterocycles. The van der Waals surface area contributed by atoms with Crippen LogP contribution in [0.5, 0.6) is 0 Å². The Bertz CT molecular complexity index is 1230.